The van der Waals surface area contributed by atoms with Crippen LogP contribution >= 0.6 is 0 Å². The highest BCUT2D eigenvalue weighted by Crippen LogP contribution is 2.19. The maximum atomic E-state index is 12.7. The lowest BCUT2D eigenvalue weighted by Gasteiger charge is -2.32. The number of hydrogen-bond donors (Lipinski definition) is 1. The number of aromatic amines is 1. The van der Waals surface area contributed by atoms with E-state index in [4.69, 9.17) is 4.74 Å². The zero-order valence-corrected chi connectivity index (χ0v) is 16.8. The first-order valence-corrected chi connectivity index (χ1v) is 10.3. The van der Waals surface area contributed by atoms with Gasteiger partial charge < -0.3 is 9.64 Å². The fourth-order valence-electron chi connectivity index (χ4n) is 3.93. The summed E-state index contributed by atoms with van der Waals surface area (Å²) in [6.07, 6.45) is 2.12. The number of rotatable bonds is 6. The zero-order valence-electron chi connectivity index (χ0n) is 16.8. The van der Waals surface area contributed by atoms with E-state index < -0.39 is 0 Å². The summed E-state index contributed by atoms with van der Waals surface area (Å²) in [5.41, 5.74) is -0.612. The third-order valence-electron chi connectivity index (χ3n) is 5.53. The van der Waals surface area contributed by atoms with E-state index in [2.05, 4.69) is 5.10 Å². The summed E-state index contributed by atoms with van der Waals surface area (Å²) < 4.78 is 7.09. The molecule has 0 aliphatic carbocycles. The molecule has 1 aliphatic heterocycles. The van der Waals surface area contributed by atoms with Crippen LogP contribution in [0.1, 0.15) is 19.3 Å². The second kappa shape index (κ2) is 8.98. The van der Waals surface area contributed by atoms with Crippen molar-refractivity contribution in [2.45, 2.75) is 25.8 Å². The van der Waals surface area contributed by atoms with Crippen molar-refractivity contribution in [3.8, 4) is 5.75 Å². The van der Waals surface area contributed by atoms with Gasteiger partial charge in [-0.1, -0.05) is 30.3 Å². The minimum absolute atomic E-state index is 0.0136. The van der Waals surface area contributed by atoms with Crippen molar-refractivity contribution < 1.29 is 9.53 Å². The molecule has 0 saturated carbocycles. The summed E-state index contributed by atoms with van der Waals surface area (Å²) >= 11 is 0. The number of H-pyrrole nitrogens is 1. The summed E-state index contributed by atoms with van der Waals surface area (Å²) in [5.74, 6) is 1.10. The van der Waals surface area contributed by atoms with Gasteiger partial charge in [-0.2, -0.15) is 0 Å². The zero-order chi connectivity index (χ0) is 20.9. The molecule has 1 N–H and O–H groups in total. The first-order chi connectivity index (χ1) is 14.6. The first kappa shape index (κ1) is 19.9. The molecule has 1 saturated heterocycles. The van der Waals surface area contributed by atoms with Crippen molar-refractivity contribution in [2.24, 2.45) is 5.92 Å². The average Bonchev–Trinajstić information content (AvgIpc) is 2.80. The predicted octanol–water partition coefficient (Wildman–Crippen LogP) is 2.40. The molecule has 3 aromatic rings. The fourth-order valence-corrected chi connectivity index (χ4v) is 3.93. The Kier molecular flexibility index (Phi) is 5.97. The number of hydrogen-bond acceptors (Lipinski definition) is 4. The Bertz CT molecular complexity index is 1140. The van der Waals surface area contributed by atoms with E-state index in [1.807, 2.05) is 35.2 Å². The quantitative estimate of drug-likeness (QED) is 0.680. The number of nitrogens with one attached hydrogen (secondary N) is 1. The molecular weight excluding hydrogens is 382 g/mol. The Morgan fingerprint density at radius 2 is 1.77 bits per heavy atom. The van der Waals surface area contributed by atoms with E-state index >= 15 is 0 Å². The number of carbonyl (C=O) groups is 1. The van der Waals surface area contributed by atoms with E-state index in [-0.39, 0.29) is 35.9 Å². The van der Waals surface area contributed by atoms with Gasteiger partial charge in [0.15, 0.2) is 0 Å². The van der Waals surface area contributed by atoms with Crippen LogP contribution < -0.4 is 15.9 Å². The van der Waals surface area contributed by atoms with Crippen LogP contribution in [-0.4, -0.2) is 40.3 Å². The fraction of sp³-hybridized carbons (Fsp3) is 0.348. The topological polar surface area (TPSA) is 84.4 Å². The van der Waals surface area contributed by atoms with Crippen molar-refractivity contribution in [1.29, 1.82) is 0 Å². The molecule has 7 heteroatoms. The summed E-state index contributed by atoms with van der Waals surface area (Å²) in [6.45, 7) is 2.09. The molecule has 1 atom stereocenters. The highest BCUT2D eigenvalue weighted by molar-refractivity contribution is 5.80. The van der Waals surface area contributed by atoms with Crippen LogP contribution in [0.5, 0.6) is 5.75 Å². The lowest BCUT2D eigenvalue weighted by molar-refractivity contribution is -0.133. The molecular formula is C23H25N3O4. The Morgan fingerprint density at radius 3 is 2.57 bits per heavy atom. The number of nitrogens with zero attached hydrogens (tertiary/aromatic N) is 2. The monoisotopic (exact) mass is 407 g/mol. The number of piperidine rings is 1. The number of carbonyl (C=O) groups excluding carboxylic acids is 1. The molecule has 0 spiro atoms. The smallest absolute Gasteiger partial charge is 0.273 e. The van der Waals surface area contributed by atoms with Crippen molar-refractivity contribution in [1.82, 2.24) is 14.7 Å². The maximum absolute atomic E-state index is 12.7. The lowest BCUT2D eigenvalue weighted by Crippen LogP contribution is -2.42. The summed E-state index contributed by atoms with van der Waals surface area (Å²) in [6, 6.07) is 16.4. The van der Waals surface area contributed by atoms with Gasteiger partial charge in [-0.25, -0.2) is 4.68 Å². The molecule has 4 rings (SSSR count). The molecule has 30 heavy (non-hydrogen) atoms. The second-order valence-electron chi connectivity index (χ2n) is 7.67. The van der Waals surface area contributed by atoms with Gasteiger partial charge in [0.1, 0.15) is 5.75 Å². The van der Waals surface area contributed by atoms with Gasteiger partial charge >= 0.3 is 0 Å². The number of aryl methyl sites for hydroxylation is 1. The first-order valence-electron chi connectivity index (χ1n) is 10.3. The molecule has 156 valence electrons. The van der Waals surface area contributed by atoms with E-state index in [9.17, 15) is 14.4 Å². The molecule has 2 aromatic carbocycles. The van der Waals surface area contributed by atoms with Crippen LogP contribution in [-0.2, 0) is 11.3 Å². The van der Waals surface area contributed by atoms with Gasteiger partial charge in [-0.05, 0) is 37.1 Å². The average molecular weight is 407 g/mol. The summed E-state index contributed by atoms with van der Waals surface area (Å²) in [4.78, 5) is 39.4. The van der Waals surface area contributed by atoms with Gasteiger partial charge in [-0.3, -0.25) is 19.5 Å². The Labute approximate surface area is 173 Å². The Morgan fingerprint density at radius 1 is 1.03 bits per heavy atom. The molecule has 2 heterocycles. The molecule has 7 nitrogen and oxygen atoms in total. The van der Waals surface area contributed by atoms with Gasteiger partial charge in [0.2, 0.25) is 5.91 Å². The molecule has 1 aromatic heterocycles. The molecule has 1 aliphatic rings. The minimum Gasteiger partial charge on any atom is -0.493 e. The SMILES string of the molecule is O=C(CCn1[nH]c(=O)c2ccccc2c1=O)N1CCCC(COc2ccccc2)C1. The normalized spacial score (nSPS) is 16.5. The third-order valence-corrected chi connectivity index (χ3v) is 5.53. The van der Waals surface area contributed by atoms with Crippen LogP contribution in [0.2, 0.25) is 0 Å². The second-order valence-corrected chi connectivity index (χ2v) is 7.67. The van der Waals surface area contributed by atoms with Crippen LogP contribution in [0, 0.1) is 5.92 Å². The highest BCUT2D eigenvalue weighted by Gasteiger charge is 2.24. The minimum atomic E-state index is -0.325. The van der Waals surface area contributed by atoms with Gasteiger partial charge in [-0.15, -0.1) is 0 Å². The largest absolute Gasteiger partial charge is 0.493 e. The number of benzene rings is 2. The van der Waals surface area contributed by atoms with Crippen LogP contribution in [0.4, 0.5) is 0 Å². The maximum Gasteiger partial charge on any atom is 0.273 e. The van der Waals surface area contributed by atoms with Crippen molar-refractivity contribution in [3.63, 3.8) is 0 Å². The number of para-hydroxylation sites is 1. The molecule has 0 radical (unpaired) electrons. The van der Waals surface area contributed by atoms with E-state index in [0.29, 0.717) is 30.5 Å². The Balaban J connectivity index is 1.36. The molecule has 1 fully saturated rings. The van der Waals surface area contributed by atoms with Crippen molar-refractivity contribution in [3.05, 3.63) is 75.3 Å². The van der Waals surface area contributed by atoms with E-state index in [1.165, 1.54) is 4.68 Å². The van der Waals surface area contributed by atoms with Gasteiger partial charge in [0.05, 0.1) is 23.9 Å². The lowest BCUT2D eigenvalue weighted by atomic mass is 9.98. The molecule has 0 bridgehead atoms. The van der Waals surface area contributed by atoms with Crippen molar-refractivity contribution in [2.75, 3.05) is 19.7 Å². The molecule has 1 amide bonds. The number of aromatic nitrogens is 2. The third kappa shape index (κ3) is 4.45. The summed E-state index contributed by atoms with van der Waals surface area (Å²) in [7, 11) is 0. The number of likely N-dealkylation sites (tertiary alicyclic amines) is 1. The number of ether oxygens (including phenoxy) is 1. The summed E-state index contributed by atoms with van der Waals surface area (Å²) in [5, 5.41) is 3.31. The van der Waals surface area contributed by atoms with E-state index in [1.54, 1.807) is 24.3 Å². The number of amides is 1. The standard InChI is InChI=1S/C23H25N3O4/c27-21(12-14-26-23(29)20-11-5-4-10-19(20)22(28)24-26)25-13-6-7-17(15-25)16-30-18-8-2-1-3-9-18/h1-5,8-11,17H,6-7,12-16H2,(H,24,28). The Hall–Kier alpha value is -3.35. The molecule has 1 unspecified atom stereocenters. The van der Waals surface area contributed by atoms with Crippen LogP contribution in [0.3, 0.4) is 0 Å². The van der Waals surface area contributed by atoms with Crippen LogP contribution in [0.15, 0.2) is 64.2 Å². The number of fused-ring (bicyclic) bond motifs is 1. The van der Waals surface area contributed by atoms with E-state index in [0.717, 1.165) is 18.6 Å². The van der Waals surface area contributed by atoms with Crippen LogP contribution in [0.25, 0.3) is 10.8 Å². The van der Waals surface area contributed by atoms with Gasteiger partial charge in [0.25, 0.3) is 11.1 Å². The predicted molar refractivity (Wildman–Crippen MR) is 115 cm³/mol. The highest BCUT2D eigenvalue weighted by atomic mass is 16.5. The van der Waals surface area contributed by atoms with Crippen molar-refractivity contribution >= 4 is 16.7 Å². The van der Waals surface area contributed by atoms with Gasteiger partial charge in [0, 0.05) is 25.4 Å².